The maximum absolute atomic E-state index is 11.9. The molecule has 7 heteroatoms. The highest BCUT2D eigenvalue weighted by atomic mass is 16.7. The van der Waals surface area contributed by atoms with Gasteiger partial charge in [0.25, 0.3) is 0 Å². The highest BCUT2D eigenvalue weighted by Gasteiger charge is 2.65. The number of ketones is 1. The Morgan fingerprint density at radius 2 is 2.17 bits per heavy atom. The third-order valence-corrected chi connectivity index (χ3v) is 4.60. The van der Waals surface area contributed by atoms with Crippen molar-refractivity contribution in [3.63, 3.8) is 0 Å². The number of fused-ring (bicyclic) bond motifs is 2. The summed E-state index contributed by atoms with van der Waals surface area (Å²) in [7, 11) is 0. The molecule has 2 fully saturated rings. The number of amides is 1. The lowest BCUT2D eigenvalue weighted by Gasteiger charge is -2.37. The summed E-state index contributed by atoms with van der Waals surface area (Å²) < 4.78 is 17.5. The molecule has 7 nitrogen and oxygen atoms in total. The second-order valence-electron chi connectivity index (χ2n) is 6.40. The van der Waals surface area contributed by atoms with Crippen molar-refractivity contribution in [1.29, 1.82) is 0 Å². The number of carbonyl (C=O) groups is 2. The molecule has 2 rings (SSSR count). The van der Waals surface area contributed by atoms with E-state index in [0.717, 1.165) is 12.8 Å². The number of ether oxygens (including phenoxy) is 3. The van der Waals surface area contributed by atoms with E-state index in [1.54, 1.807) is 0 Å². The van der Waals surface area contributed by atoms with Gasteiger partial charge < -0.3 is 19.3 Å². The first-order valence-electron chi connectivity index (χ1n) is 8.40. The Balaban J connectivity index is 2.15. The normalized spacial score (nSPS) is 33.1. The molecule has 2 heterocycles. The van der Waals surface area contributed by atoms with Crippen molar-refractivity contribution in [3.05, 3.63) is 12.3 Å². The van der Waals surface area contributed by atoms with Crippen LogP contribution >= 0.6 is 0 Å². The number of aliphatic hydroxyl groups excluding tert-OH is 1. The van der Waals surface area contributed by atoms with Crippen LogP contribution in [-0.4, -0.2) is 65.1 Å². The summed E-state index contributed by atoms with van der Waals surface area (Å²) in [5.41, 5.74) is -0.999. The first-order chi connectivity index (χ1) is 11.3. The zero-order valence-electron chi connectivity index (χ0n) is 14.7. The Bertz CT molecular complexity index is 507. The van der Waals surface area contributed by atoms with E-state index in [2.05, 4.69) is 6.92 Å². The van der Waals surface area contributed by atoms with Gasteiger partial charge in [-0.25, -0.2) is 0 Å². The van der Waals surface area contributed by atoms with Gasteiger partial charge in [0, 0.05) is 19.7 Å². The van der Waals surface area contributed by atoms with Gasteiger partial charge in [-0.1, -0.05) is 13.3 Å². The summed E-state index contributed by atoms with van der Waals surface area (Å²) in [6, 6.07) is 0. The average molecular weight is 341 g/mol. The molecule has 0 aromatic carbocycles. The zero-order valence-corrected chi connectivity index (χ0v) is 14.7. The lowest BCUT2D eigenvalue weighted by Crippen LogP contribution is -2.53. The van der Waals surface area contributed by atoms with Gasteiger partial charge in [-0.2, -0.15) is 0 Å². The average Bonchev–Trinajstić information content (AvgIpc) is 2.98. The Labute approximate surface area is 142 Å². The topological polar surface area (TPSA) is 85.3 Å². The number of allylic oxidation sites excluding steroid dienone is 1. The summed E-state index contributed by atoms with van der Waals surface area (Å²) in [5.74, 6) is -0.479. The molecule has 2 aliphatic rings. The second-order valence-corrected chi connectivity index (χ2v) is 6.40. The van der Waals surface area contributed by atoms with Crippen molar-refractivity contribution in [1.82, 2.24) is 4.90 Å². The van der Waals surface area contributed by atoms with Crippen molar-refractivity contribution < 1.29 is 28.9 Å². The SMILES string of the molecule is CCCCO[C@@H](C)[C@]12CO[C@H]([C@H](N(/C=C\C(C)=O)C(C)=O)O1)[C@H]2O. The summed E-state index contributed by atoms with van der Waals surface area (Å²) in [4.78, 5) is 24.4. The molecule has 24 heavy (non-hydrogen) atoms. The van der Waals surface area contributed by atoms with E-state index >= 15 is 0 Å². The largest absolute Gasteiger partial charge is 0.387 e. The van der Waals surface area contributed by atoms with Gasteiger partial charge in [-0.3, -0.25) is 14.5 Å². The van der Waals surface area contributed by atoms with E-state index in [4.69, 9.17) is 14.2 Å². The van der Waals surface area contributed by atoms with E-state index in [0.29, 0.717) is 6.61 Å². The number of unbranched alkanes of at least 4 members (excludes halogenated alkanes) is 1. The van der Waals surface area contributed by atoms with Crippen LogP contribution in [0.15, 0.2) is 12.3 Å². The van der Waals surface area contributed by atoms with Gasteiger partial charge in [0.05, 0.1) is 12.7 Å². The molecule has 0 radical (unpaired) electrons. The molecule has 0 aromatic rings. The van der Waals surface area contributed by atoms with Gasteiger partial charge in [0.1, 0.15) is 17.8 Å². The Morgan fingerprint density at radius 3 is 2.75 bits per heavy atom. The lowest BCUT2D eigenvalue weighted by atomic mass is 9.93. The van der Waals surface area contributed by atoms with Crippen LogP contribution in [0.5, 0.6) is 0 Å². The first-order valence-corrected chi connectivity index (χ1v) is 8.40. The van der Waals surface area contributed by atoms with Gasteiger partial charge in [0.2, 0.25) is 5.91 Å². The molecule has 0 spiro atoms. The van der Waals surface area contributed by atoms with E-state index in [9.17, 15) is 14.7 Å². The molecule has 0 aromatic heterocycles. The van der Waals surface area contributed by atoms with Gasteiger partial charge in [-0.05, 0) is 26.3 Å². The van der Waals surface area contributed by atoms with Crippen molar-refractivity contribution >= 4 is 11.7 Å². The van der Waals surface area contributed by atoms with Crippen LogP contribution in [0.25, 0.3) is 0 Å². The molecule has 136 valence electrons. The summed E-state index contributed by atoms with van der Waals surface area (Å²) >= 11 is 0. The maximum Gasteiger partial charge on any atom is 0.225 e. The molecular weight excluding hydrogens is 314 g/mol. The fourth-order valence-electron chi connectivity index (χ4n) is 3.08. The molecule has 0 saturated carbocycles. The standard InChI is InChI=1S/C17H27NO6/c1-5-6-9-22-12(3)17-10-23-14(15(17)21)16(24-17)18(13(4)20)8-7-11(2)19/h7-8,12,14-16,21H,5-6,9-10H2,1-4H3/b8-7-/t12-,14-,15+,16+,17-/m0/s1. The molecule has 2 aliphatic heterocycles. The van der Waals surface area contributed by atoms with E-state index in [1.165, 1.54) is 31.0 Å². The predicted octanol–water partition coefficient (Wildman–Crippen LogP) is 0.998. The van der Waals surface area contributed by atoms with Crippen molar-refractivity contribution in [3.8, 4) is 0 Å². The van der Waals surface area contributed by atoms with Crippen molar-refractivity contribution in [2.75, 3.05) is 13.2 Å². The minimum absolute atomic E-state index is 0.183. The number of carbonyl (C=O) groups excluding carboxylic acids is 2. The maximum atomic E-state index is 11.9. The lowest BCUT2D eigenvalue weighted by molar-refractivity contribution is -0.223. The number of rotatable bonds is 8. The van der Waals surface area contributed by atoms with Crippen LogP contribution < -0.4 is 0 Å². The van der Waals surface area contributed by atoms with Gasteiger partial charge in [0.15, 0.2) is 12.0 Å². The van der Waals surface area contributed by atoms with E-state index in [-0.39, 0.29) is 24.4 Å². The summed E-state index contributed by atoms with van der Waals surface area (Å²) in [5, 5.41) is 10.6. The molecule has 0 aliphatic carbocycles. The van der Waals surface area contributed by atoms with Crippen LogP contribution in [-0.2, 0) is 23.8 Å². The zero-order chi connectivity index (χ0) is 17.9. The minimum Gasteiger partial charge on any atom is -0.387 e. The molecule has 1 N–H and O–H groups in total. The summed E-state index contributed by atoms with van der Waals surface area (Å²) in [6.07, 6.45) is 1.89. The molecule has 2 bridgehead atoms. The third kappa shape index (κ3) is 3.54. The number of hydrogen-bond donors (Lipinski definition) is 1. The fourth-order valence-corrected chi connectivity index (χ4v) is 3.08. The van der Waals surface area contributed by atoms with Crippen LogP contribution in [0.4, 0.5) is 0 Å². The summed E-state index contributed by atoms with van der Waals surface area (Å²) in [6.45, 7) is 7.48. The molecule has 2 saturated heterocycles. The Hall–Kier alpha value is -1.28. The Morgan fingerprint density at radius 1 is 1.46 bits per heavy atom. The molecule has 5 atom stereocenters. The molecule has 1 amide bonds. The number of hydrogen-bond acceptors (Lipinski definition) is 6. The Kier molecular flexibility index (Phi) is 6.14. The van der Waals surface area contributed by atoms with Crippen LogP contribution in [0, 0.1) is 0 Å². The smallest absolute Gasteiger partial charge is 0.225 e. The highest BCUT2D eigenvalue weighted by molar-refractivity contribution is 5.88. The predicted molar refractivity (Wildman–Crippen MR) is 86.0 cm³/mol. The molecular formula is C17H27NO6. The van der Waals surface area contributed by atoms with Crippen LogP contribution in [0.3, 0.4) is 0 Å². The number of aliphatic hydroxyl groups is 1. The van der Waals surface area contributed by atoms with Crippen LogP contribution in [0.1, 0.15) is 40.5 Å². The third-order valence-electron chi connectivity index (χ3n) is 4.60. The van der Waals surface area contributed by atoms with Gasteiger partial charge >= 0.3 is 0 Å². The van der Waals surface area contributed by atoms with Gasteiger partial charge in [-0.15, -0.1) is 0 Å². The second kappa shape index (κ2) is 7.74. The monoisotopic (exact) mass is 341 g/mol. The number of nitrogens with zero attached hydrogens (tertiary/aromatic N) is 1. The van der Waals surface area contributed by atoms with Crippen molar-refractivity contribution in [2.24, 2.45) is 0 Å². The van der Waals surface area contributed by atoms with Crippen LogP contribution in [0.2, 0.25) is 0 Å². The van der Waals surface area contributed by atoms with E-state index < -0.39 is 24.0 Å². The van der Waals surface area contributed by atoms with E-state index in [1.807, 2.05) is 6.92 Å². The molecule has 0 unspecified atom stereocenters. The quantitative estimate of drug-likeness (QED) is 0.524. The fraction of sp³-hybridized carbons (Fsp3) is 0.765. The first kappa shape index (κ1) is 19.1. The van der Waals surface area contributed by atoms with Crippen molar-refractivity contribution in [2.45, 2.75) is 70.7 Å². The highest BCUT2D eigenvalue weighted by Crippen LogP contribution is 2.44. The minimum atomic E-state index is -0.999.